The zero-order valence-electron chi connectivity index (χ0n) is 15.9. The van der Waals surface area contributed by atoms with Crippen LogP contribution in [0.2, 0.25) is 0 Å². The molecule has 0 radical (unpaired) electrons. The van der Waals surface area contributed by atoms with Gasteiger partial charge in [0.2, 0.25) is 0 Å². The average molecular weight is 401 g/mol. The molecule has 6 nitrogen and oxygen atoms in total. The van der Waals surface area contributed by atoms with Gasteiger partial charge >= 0.3 is 0 Å². The van der Waals surface area contributed by atoms with Crippen LogP contribution in [0.5, 0.6) is 17.2 Å². The molecule has 0 amide bonds. The molecule has 1 aliphatic heterocycles. The highest BCUT2D eigenvalue weighted by molar-refractivity contribution is 7.80. The zero-order valence-corrected chi connectivity index (χ0v) is 16.7. The molecule has 0 spiro atoms. The van der Waals surface area contributed by atoms with Gasteiger partial charge in [-0.3, -0.25) is 4.79 Å². The molecule has 2 N–H and O–H groups in total. The number of thiocarbonyl (C=S) groups is 1. The predicted molar refractivity (Wildman–Crippen MR) is 110 cm³/mol. The lowest BCUT2D eigenvalue weighted by molar-refractivity contribution is 0.0335. The lowest BCUT2D eigenvalue weighted by Gasteiger charge is -2.23. The number of carbonyl (C=O) groups is 1. The maximum absolute atomic E-state index is 12.3. The van der Waals surface area contributed by atoms with Crippen LogP contribution in [0.1, 0.15) is 34.8 Å². The van der Waals surface area contributed by atoms with E-state index < -0.39 is 6.10 Å². The van der Waals surface area contributed by atoms with Gasteiger partial charge in [-0.15, -0.1) is 0 Å². The Hall–Kier alpha value is -2.64. The molecule has 0 fully saturated rings. The smallest absolute Gasteiger partial charge is 0.191 e. The van der Waals surface area contributed by atoms with Gasteiger partial charge in [-0.2, -0.15) is 0 Å². The van der Waals surface area contributed by atoms with Crippen molar-refractivity contribution < 1.29 is 23.7 Å². The number of hydrogen-bond acceptors (Lipinski definition) is 6. The van der Waals surface area contributed by atoms with Crippen molar-refractivity contribution in [2.75, 3.05) is 20.3 Å². The van der Waals surface area contributed by atoms with Crippen LogP contribution in [-0.4, -0.2) is 37.2 Å². The minimum atomic E-state index is -0.442. The van der Waals surface area contributed by atoms with E-state index in [-0.39, 0.29) is 5.78 Å². The van der Waals surface area contributed by atoms with Crippen molar-refractivity contribution in [1.82, 2.24) is 0 Å². The second-order valence-electron chi connectivity index (χ2n) is 6.42. The molecule has 0 aliphatic carbocycles. The average Bonchev–Trinajstić information content (AvgIpc) is 2.70. The molecular formula is C21H23NO5S. The molecule has 7 heteroatoms. The first-order valence-corrected chi connectivity index (χ1v) is 9.42. The Labute approximate surface area is 169 Å². The quantitative estimate of drug-likeness (QED) is 0.537. The van der Waals surface area contributed by atoms with Crippen LogP contribution in [0.3, 0.4) is 0 Å². The Kier molecular flexibility index (Phi) is 6.49. The van der Waals surface area contributed by atoms with E-state index in [4.69, 9.17) is 36.9 Å². The van der Waals surface area contributed by atoms with E-state index in [9.17, 15) is 4.79 Å². The van der Waals surface area contributed by atoms with Crippen LogP contribution in [0, 0.1) is 0 Å². The van der Waals surface area contributed by atoms with Crippen molar-refractivity contribution in [3.05, 3.63) is 53.1 Å². The van der Waals surface area contributed by atoms with Crippen molar-refractivity contribution in [3.63, 3.8) is 0 Å². The van der Waals surface area contributed by atoms with Gasteiger partial charge in [-0.05, 0) is 48.9 Å². The first kappa shape index (κ1) is 20.1. The minimum Gasteiger partial charge on any atom is -0.493 e. The van der Waals surface area contributed by atoms with E-state index in [2.05, 4.69) is 0 Å². The second-order valence-corrected chi connectivity index (χ2v) is 6.86. The normalized spacial score (nSPS) is 15.6. The number of hydrogen-bond donors (Lipinski definition) is 1. The van der Waals surface area contributed by atoms with Crippen LogP contribution < -0.4 is 19.9 Å². The molecule has 1 atom stereocenters. The fourth-order valence-electron chi connectivity index (χ4n) is 2.88. The molecule has 2 aromatic rings. The third kappa shape index (κ3) is 4.61. The lowest BCUT2D eigenvalue weighted by Crippen LogP contribution is -2.27. The van der Waals surface area contributed by atoms with E-state index >= 15 is 0 Å². The van der Waals surface area contributed by atoms with Gasteiger partial charge in [0.05, 0.1) is 26.9 Å². The van der Waals surface area contributed by atoms with Crippen LogP contribution in [0.25, 0.3) is 0 Å². The SMILES string of the molecule is COc1cc2c(cc1OCCCOc1ccc(C(N)=S)cc1)C(=O)C(C)OC2. The first-order chi connectivity index (χ1) is 13.5. The molecular weight excluding hydrogens is 378 g/mol. The Morgan fingerprint density at radius 3 is 2.57 bits per heavy atom. The number of rotatable bonds is 8. The summed E-state index contributed by atoms with van der Waals surface area (Å²) in [5.74, 6) is 1.83. The highest BCUT2D eigenvalue weighted by atomic mass is 32.1. The van der Waals surface area contributed by atoms with Crippen LogP contribution >= 0.6 is 12.2 Å². The molecule has 1 unspecified atom stereocenters. The van der Waals surface area contributed by atoms with Crippen LogP contribution in [0.15, 0.2) is 36.4 Å². The van der Waals surface area contributed by atoms with Gasteiger partial charge in [0.15, 0.2) is 17.3 Å². The molecule has 2 aromatic carbocycles. The molecule has 0 saturated carbocycles. The molecule has 0 aromatic heterocycles. The number of ether oxygens (including phenoxy) is 4. The Morgan fingerprint density at radius 2 is 1.89 bits per heavy atom. The molecule has 148 valence electrons. The number of carbonyl (C=O) groups excluding carboxylic acids is 1. The lowest BCUT2D eigenvalue weighted by atomic mass is 9.97. The van der Waals surface area contributed by atoms with Crippen molar-refractivity contribution in [3.8, 4) is 17.2 Å². The Bertz CT molecular complexity index is 866. The highest BCUT2D eigenvalue weighted by Gasteiger charge is 2.26. The summed E-state index contributed by atoms with van der Waals surface area (Å²) < 4.78 is 22.4. The van der Waals surface area contributed by atoms with Gasteiger partial charge in [0.1, 0.15) is 16.8 Å². The maximum atomic E-state index is 12.3. The Balaban J connectivity index is 1.54. The van der Waals surface area contributed by atoms with Crippen LogP contribution in [-0.2, 0) is 11.3 Å². The minimum absolute atomic E-state index is 0.0440. The van der Waals surface area contributed by atoms with E-state index in [1.54, 1.807) is 26.2 Å². The van der Waals surface area contributed by atoms with Crippen molar-refractivity contribution >= 4 is 23.0 Å². The van der Waals surface area contributed by atoms with Gasteiger partial charge < -0.3 is 24.7 Å². The molecule has 3 rings (SSSR count). The van der Waals surface area contributed by atoms with Gasteiger partial charge in [0.25, 0.3) is 0 Å². The maximum Gasteiger partial charge on any atom is 0.191 e. The third-order valence-corrected chi connectivity index (χ3v) is 4.70. The fraction of sp³-hybridized carbons (Fsp3) is 0.333. The Morgan fingerprint density at radius 1 is 1.18 bits per heavy atom. The topological polar surface area (TPSA) is 80.0 Å². The van der Waals surface area contributed by atoms with E-state index in [1.807, 2.05) is 24.3 Å². The van der Waals surface area contributed by atoms with E-state index in [0.29, 0.717) is 48.3 Å². The number of ketones is 1. The number of benzene rings is 2. The molecule has 0 bridgehead atoms. The summed E-state index contributed by atoms with van der Waals surface area (Å²) in [6.07, 6.45) is 0.229. The molecule has 1 aliphatic rings. The fourth-order valence-corrected chi connectivity index (χ4v) is 3.02. The van der Waals surface area contributed by atoms with Gasteiger partial charge in [-0.25, -0.2) is 0 Å². The largest absolute Gasteiger partial charge is 0.493 e. The predicted octanol–water partition coefficient (Wildman–Crippen LogP) is 3.28. The summed E-state index contributed by atoms with van der Waals surface area (Å²) in [7, 11) is 1.57. The number of nitrogens with two attached hydrogens (primary N) is 1. The zero-order chi connectivity index (χ0) is 20.1. The summed E-state index contributed by atoms with van der Waals surface area (Å²) in [5.41, 5.74) is 7.83. The molecule has 0 saturated heterocycles. The number of fused-ring (bicyclic) bond motifs is 1. The molecule has 1 heterocycles. The van der Waals surface area contributed by atoms with Crippen molar-refractivity contribution in [2.45, 2.75) is 26.1 Å². The summed E-state index contributed by atoms with van der Waals surface area (Å²) in [6.45, 7) is 3.06. The highest BCUT2D eigenvalue weighted by Crippen LogP contribution is 2.34. The summed E-state index contributed by atoms with van der Waals surface area (Å²) in [4.78, 5) is 12.7. The van der Waals surface area contributed by atoms with Crippen molar-refractivity contribution in [2.24, 2.45) is 5.73 Å². The van der Waals surface area contributed by atoms with Gasteiger partial charge in [0, 0.05) is 17.5 Å². The number of Topliss-reactive ketones (excluding diaryl/α,β-unsaturated/α-hetero) is 1. The van der Waals surface area contributed by atoms with E-state index in [0.717, 1.165) is 16.9 Å². The standard InChI is InChI=1S/C21H23NO5S/c1-13-20(23)17-11-19(18(24-2)10-15(17)12-27-13)26-9-3-8-25-16-6-4-14(5-7-16)21(22)28/h4-7,10-11,13H,3,8-9,12H2,1-2H3,(H2,22,28). The number of methoxy groups -OCH3 is 1. The summed E-state index contributed by atoms with van der Waals surface area (Å²) in [5, 5.41) is 0. The monoisotopic (exact) mass is 401 g/mol. The van der Waals surface area contributed by atoms with Crippen LogP contribution in [0.4, 0.5) is 0 Å². The van der Waals surface area contributed by atoms with E-state index in [1.165, 1.54) is 0 Å². The third-order valence-electron chi connectivity index (χ3n) is 4.47. The van der Waals surface area contributed by atoms with Gasteiger partial charge in [-0.1, -0.05) is 12.2 Å². The first-order valence-electron chi connectivity index (χ1n) is 9.01. The molecule has 28 heavy (non-hydrogen) atoms. The summed E-state index contributed by atoms with van der Waals surface area (Å²) in [6, 6.07) is 10.9. The van der Waals surface area contributed by atoms with Crippen molar-refractivity contribution in [1.29, 1.82) is 0 Å². The summed E-state index contributed by atoms with van der Waals surface area (Å²) >= 11 is 4.93. The second kappa shape index (κ2) is 9.03.